The van der Waals surface area contributed by atoms with Crippen LogP contribution in [0, 0.1) is 0 Å². The molecule has 2 heterocycles. The predicted molar refractivity (Wildman–Crippen MR) is 95.6 cm³/mol. The van der Waals surface area contributed by atoms with E-state index in [4.69, 9.17) is 4.74 Å². The van der Waals surface area contributed by atoms with Gasteiger partial charge in [0, 0.05) is 4.88 Å². The van der Waals surface area contributed by atoms with Crippen LogP contribution in [0.25, 0.3) is 10.2 Å². The average molecular weight is 348 g/mol. The number of hydrogen-bond acceptors (Lipinski definition) is 5. The Hall–Kier alpha value is -1.69. The van der Waals surface area contributed by atoms with Gasteiger partial charge in [-0.05, 0) is 44.6 Å². The van der Waals surface area contributed by atoms with E-state index in [0.29, 0.717) is 11.8 Å². The number of carbonyl (C=O) groups excluding carboxylic acids is 1. The van der Waals surface area contributed by atoms with Crippen LogP contribution in [0.2, 0.25) is 0 Å². The summed E-state index contributed by atoms with van der Waals surface area (Å²) in [4.78, 5) is 31.6. The highest BCUT2D eigenvalue weighted by Crippen LogP contribution is 2.24. The van der Waals surface area contributed by atoms with Crippen LogP contribution in [0.1, 0.15) is 63.3 Å². The molecule has 2 aromatic rings. The fourth-order valence-electron chi connectivity index (χ4n) is 3.29. The zero-order valence-corrected chi connectivity index (χ0v) is 15.1. The Labute approximate surface area is 145 Å². The third-order valence-corrected chi connectivity index (χ3v) is 5.89. The first-order valence-electron chi connectivity index (χ1n) is 8.84. The van der Waals surface area contributed by atoms with E-state index in [9.17, 15) is 9.59 Å². The summed E-state index contributed by atoms with van der Waals surface area (Å²) in [5.74, 6) is -0.307. The van der Waals surface area contributed by atoms with Crippen LogP contribution in [0.15, 0.2) is 17.2 Å². The lowest BCUT2D eigenvalue weighted by Crippen LogP contribution is -2.33. The van der Waals surface area contributed by atoms with Gasteiger partial charge in [-0.1, -0.05) is 20.3 Å². The normalized spacial score (nSPS) is 17.1. The summed E-state index contributed by atoms with van der Waals surface area (Å²) in [5, 5.41) is 0.600. The zero-order chi connectivity index (χ0) is 17.1. The maximum absolute atomic E-state index is 12.8. The fraction of sp³-hybridized carbons (Fsp3) is 0.611. The first kappa shape index (κ1) is 17.1. The van der Waals surface area contributed by atoms with Gasteiger partial charge in [0.1, 0.15) is 17.0 Å². The van der Waals surface area contributed by atoms with Gasteiger partial charge in [-0.25, -0.2) is 9.78 Å². The van der Waals surface area contributed by atoms with Gasteiger partial charge in [-0.3, -0.25) is 9.36 Å². The van der Waals surface area contributed by atoms with Crippen molar-refractivity contribution < 1.29 is 9.53 Å². The van der Waals surface area contributed by atoms with Crippen molar-refractivity contribution in [3.05, 3.63) is 27.6 Å². The van der Waals surface area contributed by atoms with Gasteiger partial charge in [0.2, 0.25) is 0 Å². The van der Waals surface area contributed by atoms with E-state index in [-0.39, 0.29) is 17.6 Å². The third kappa shape index (κ3) is 3.38. The van der Waals surface area contributed by atoms with E-state index in [1.54, 1.807) is 0 Å². The van der Waals surface area contributed by atoms with E-state index in [1.165, 1.54) is 28.7 Å². The average Bonchev–Trinajstić information content (AvgIpc) is 3.03. The van der Waals surface area contributed by atoms with Crippen molar-refractivity contribution in [3.8, 4) is 0 Å². The van der Waals surface area contributed by atoms with Crippen LogP contribution in [-0.4, -0.2) is 21.6 Å². The lowest BCUT2D eigenvalue weighted by atomic mass is 9.98. The van der Waals surface area contributed by atoms with Crippen molar-refractivity contribution in [1.82, 2.24) is 9.55 Å². The maximum Gasteiger partial charge on any atom is 0.329 e. The Bertz CT molecular complexity index is 774. The minimum Gasteiger partial charge on any atom is -0.461 e. The molecule has 1 aliphatic carbocycles. The minimum atomic E-state index is -0.596. The lowest BCUT2D eigenvalue weighted by molar-refractivity contribution is -0.154. The molecule has 1 atom stereocenters. The maximum atomic E-state index is 12.8. The molecule has 3 rings (SSSR count). The van der Waals surface area contributed by atoms with Crippen LogP contribution >= 0.6 is 11.3 Å². The molecule has 0 amide bonds. The molecule has 130 valence electrons. The molecule has 2 aromatic heterocycles. The summed E-state index contributed by atoms with van der Waals surface area (Å²) in [6.07, 6.45) is 8.18. The first-order chi connectivity index (χ1) is 11.6. The van der Waals surface area contributed by atoms with Crippen molar-refractivity contribution in [3.63, 3.8) is 0 Å². The number of ether oxygens (including phenoxy) is 1. The number of aromatic nitrogens is 2. The Morgan fingerprint density at radius 2 is 2.12 bits per heavy atom. The summed E-state index contributed by atoms with van der Waals surface area (Å²) < 4.78 is 7.11. The van der Waals surface area contributed by atoms with Gasteiger partial charge in [-0.2, -0.15) is 0 Å². The molecule has 0 aromatic carbocycles. The number of esters is 1. The summed E-state index contributed by atoms with van der Waals surface area (Å²) in [7, 11) is 0. The Kier molecular flexibility index (Phi) is 5.33. The van der Waals surface area contributed by atoms with E-state index >= 15 is 0 Å². The molecule has 0 unspecified atom stereocenters. The van der Waals surface area contributed by atoms with E-state index in [2.05, 4.69) is 11.9 Å². The standard InChI is InChI=1S/C18H24N2O3S/c1-3-13-10-14-16(24-13)19-11-20(17(14)21)15(4-2)18(22)23-12-8-6-5-7-9-12/h10-12,15H,3-9H2,1-2H3/t15-/m0/s1. The van der Waals surface area contributed by atoms with Crippen LogP contribution < -0.4 is 5.56 Å². The van der Waals surface area contributed by atoms with Crippen molar-refractivity contribution in [2.45, 2.75) is 70.9 Å². The number of fused-ring (bicyclic) bond motifs is 1. The second-order valence-electron chi connectivity index (χ2n) is 6.36. The van der Waals surface area contributed by atoms with Crippen LogP contribution in [0.3, 0.4) is 0 Å². The molecule has 1 saturated carbocycles. The molecule has 24 heavy (non-hydrogen) atoms. The van der Waals surface area contributed by atoms with E-state index in [0.717, 1.165) is 41.8 Å². The Morgan fingerprint density at radius 3 is 2.79 bits per heavy atom. The molecular weight excluding hydrogens is 324 g/mol. The van der Waals surface area contributed by atoms with E-state index < -0.39 is 6.04 Å². The van der Waals surface area contributed by atoms with Crippen molar-refractivity contribution >= 4 is 27.5 Å². The van der Waals surface area contributed by atoms with Crippen molar-refractivity contribution in [2.75, 3.05) is 0 Å². The smallest absolute Gasteiger partial charge is 0.329 e. The van der Waals surface area contributed by atoms with Crippen molar-refractivity contribution in [1.29, 1.82) is 0 Å². The molecule has 1 fully saturated rings. The molecule has 0 radical (unpaired) electrons. The topological polar surface area (TPSA) is 61.2 Å². The predicted octanol–water partition coefficient (Wildman–Crippen LogP) is 3.85. The van der Waals surface area contributed by atoms with Gasteiger partial charge >= 0.3 is 5.97 Å². The van der Waals surface area contributed by atoms with Crippen LogP contribution in [0.4, 0.5) is 0 Å². The second kappa shape index (κ2) is 7.47. The van der Waals surface area contributed by atoms with Crippen LogP contribution in [0.5, 0.6) is 0 Å². The largest absolute Gasteiger partial charge is 0.461 e. The van der Waals surface area contributed by atoms with Gasteiger partial charge in [0.15, 0.2) is 0 Å². The Morgan fingerprint density at radius 1 is 1.38 bits per heavy atom. The number of nitrogens with zero attached hydrogens (tertiary/aromatic N) is 2. The van der Waals surface area contributed by atoms with Gasteiger partial charge in [0.05, 0.1) is 11.7 Å². The third-order valence-electron chi connectivity index (χ3n) is 4.71. The molecule has 0 saturated heterocycles. The first-order valence-corrected chi connectivity index (χ1v) is 9.65. The second-order valence-corrected chi connectivity index (χ2v) is 7.48. The number of carbonyl (C=O) groups is 1. The summed E-state index contributed by atoms with van der Waals surface area (Å²) in [6, 6.07) is 1.30. The monoisotopic (exact) mass is 348 g/mol. The molecule has 0 aliphatic heterocycles. The van der Waals surface area contributed by atoms with Gasteiger partial charge in [0.25, 0.3) is 5.56 Å². The molecule has 0 bridgehead atoms. The van der Waals surface area contributed by atoms with Gasteiger partial charge in [-0.15, -0.1) is 11.3 Å². The molecular formula is C18H24N2O3S. The highest BCUT2D eigenvalue weighted by molar-refractivity contribution is 7.18. The summed E-state index contributed by atoms with van der Waals surface area (Å²) in [5.41, 5.74) is -0.150. The SMILES string of the molecule is CCc1cc2c(=O)n([C@@H](CC)C(=O)OC3CCCCC3)cnc2s1. The van der Waals surface area contributed by atoms with Crippen molar-refractivity contribution in [2.24, 2.45) is 0 Å². The Balaban J connectivity index is 1.86. The van der Waals surface area contributed by atoms with E-state index in [1.807, 2.05) is 13.0 Å². The molecule has 1 aliphatic rings. The number of rotatable bonds is 5. The quantitative estimate of drug-likeness (QED) is 0.770. The minimum absolute atomic E-state index is 0.000494. The lowest BCUT2D eigenvalue weighted by Gasteiger charge is -2.24. The molecule has 0 N–H and O–H groups in total. The highest BCUT2D eigenvalue weighted by atomic mass is 32.1. The number of aryl methyl sites for hydroxylation is 1. The fourth-order valence-corrected chi connectivity index (χ4v) is 4.21. The molecule has 5 nitrogen and oxygen atoms in total. The van der Waals surface area contributed by atoms with Crippen LogP contribution in [-0.2, 0) is 16.0 Å². The highest BCUT2D eigenvalue weighted by Gasteiger charge is 2.26. The summed E-state index contributed by atoms with van der Waals surface area (Å²) >= 11 is 1.54. The number of hydrogen-bond donors (Lipinski definition) is 0. The summed E-state index contributed by atoms with van der Waals surface area (Å²) in [6.45, 7) is 3.95. The number of thiophene rings is 1. The molecule has 0 spiro atoms. The zero-order valence-electron chi connectivity index (χ0n) is 14.3. The molecule has 6 heteroatoms. The van der Waals surface area contributed by atoms with Gasteiger partial charge < -0.3 is 4.74 Å².